The average Bonchev–Trinajstić information content (AvgIpc) is 3.29. The van der Waals surface area contributed by atoms with Crippen LogP contribution in [-0.2, 0) is 79.8 Å². The van der Waals surface area contributed by atoms with Gasteiger partial charge in [0.05, 0.1) is 69.9 Å². The maximum atomic E-state index is 12.7. The molecule has 0 radical (unpaired) electrons. The smallest absolute Gasteiger partial charge is 0.303 e. The fourth-order valence-corrected chi connectivity index (χ4v) is 12.7. The Morgan fingerprint density at radius 3 is 1.87 bits per heavy atom. The minimum atomic E-state index is -5.33. The molecule has 0 saturated carbocycles. The van der Waals surface area contributed by atoms with E-state index in [1.165, 1.54) is 31.4 Å². The van der Waals surface area contributed by atoms with Gasteiger partial charge in [-0.2, -0.15) is 4.58 Å². The lowest BCUT2D eigenvalue weighted by atomic mass is 9.74. The molecule has 2 aliphatic heterocycles. The predicted octanol–water partition coefficient (Wildman–Crippen LogP) is 6.10. The van der Waals surface area contributed by atoms with Gasteiger partial charge in [0, 0.05) is 74.1 Å². The lowest BCUT2D eigenvalue weighted by molar-refractivity contribution is -0.441. The Morgan fingerprint density at radius 1 is 0.620 bits per heavy atom. The lowest BCUT2D eigenvalue weighted by Crippen LogP contribution is -2.32. The number of methoxy groups -OCH3 is 2. The summed E-state index contributed by atoms with van der Waals surface area (Å²) in [4.78, 5) is 11.1. The quantitative estimate of drug-likeness (QED) is 0.0250. The second-order valence-corrected chi connectivity index (χ2v) is 25.0. The molecule has 0 aromatic heterocycles. The molecule has 1 N–H and O–H groups in total. The molecule has 2 aliphatic rings. The van der Waals surface area contributed by atoms with Crippen LogP contribution in [0, 0.1) is 0 Å². The number of benzene rings is 4. The van der Waals surface area contributed by atoms with E-state index in [1.807, 2.05) is 41.5 Å². The molecule has 79 heavy (non-hydrogen) atoms. The van der Waals surface area contributed by atoms with Crippen LogP contribution in [0.3, 0.4) is 0 Å². The average molecular weight is 1170 g/mol. The highest BCUT2D eigenvalue weighted by Crippen LogP contribution is 2.54. The SMILES string of the molecule is COCCOCCOCCOCCC1(C)\C(=C/C=C/C=C/C=C/C2=[N+](CCOC)c3ccc4ccc(S(=O)(=O)[O-])cc4c3C2(C)CCCS(=O)(=O)[O-])N(CCCCCC(=O)O)c2ccc3c(S(=O)(=O)[O-])cc(S(=O)(=O)[O-])cc3c21. The molecule has 6 rings (SSSR count). The van der Waals surface area contributed by atoms with Gasteiger partial charge in [0.25, 0.3) is 0 Å². The van der Waals surface area contributed by atoms with E-state index >= 15 is 0 Å². The number of hydrogen-bond acceptors (Lipinski definition) is 19. The third-order valence-electron chi connectivity index (χ3n) is 14.0. The van der Waals surface area contributed by atoms with E-state index in [1.54, 1.807) is 49.6 Å². The molecule has 432 valence electrons. The molecule has 2 unspecified atom stereocenters. The Balaban J connectivity index is 1.41. The number of aliphatic carboxylic acids is 1. The molecule has 4 aromatic rings. The number of allylic oxidation sites excluding steroid dienone is 8. The zero-order valence-electron chi connectivity index (χ0n) is 44.3. The van der Waals surface area contributed by atoms with Crippen LogP contribution in [0.5, 0.6) is 0 Å². The van der Waals surface area contributed by atoms with Crippen LogP contribution in [0.2, 0.25) is 0 Å². The van der Waals surface area contributed by atoms with Crippen molar-refractivity contribution in [3.63, 3.8) is 0 Å². The number of nitrogens with zero attached hydrogens (tertiary/aromatic N) is 2. The minimum Gasteiger partial charge on any atom is -0.748 e. The number of unbranched alkanes of at least 4 members (excludes halogenated alkanes) is 2. The monoisotopic (exact) mass is 1170 g/mol. The molecule has 0 aliphatic carbocycles. The van der Waals surface area contributed by atoms with Crippen LogP contribution >= 0.6 is 0 Å². The van der Waals surface area contributed by atoms with Gasteiger partial charge in [0.2, 0.25) is 5.69 Å². The molecule has 0 saturated heterocycles. The van der Waals surface area contributed by atoms with Crippen molar-refractivity contribution < 1.29 is 90.0 Å². The summed E-state index contributed by atoms with van der Waals surface area (Å²) in [6.45, 7) is 6.62. The van der Waals surface area contributed by atoms with Gasteiger partial charge < -0.3 is 51.9 Å². The number of carboxylic acid groups (broad SMARTS) is 1. The summed E-state index contributed by atoms with van der Waals surface area (Å²) < 4.78 is 178. The number of hydrogen-bond donors (Lipinski definition) is 1. The fraction of sp³-hybridized carbons (Fsp3) is 0.444. The first-order valence-corrected chi connectivity index (χ1v) is 31.1. The van der Waals surface area contributed by atoms with Crippen molar-refractivity contribution >= 4 is 85.1 Å². The summed E-state index contributed by atoms with van der Waals surface area (Å²) in [6, 6.07) is 12.4. The van der Waals surface area contributed by atoms with Crippen molar-refractivity contribution in [2.45, 2.75) is 84.3 Å². The Hall–Kier alpha value is -5.26. The molecule has 0 bridgehead atoms. The lowest BCUT2D eigenvalue weighted by Gasteiger charge is -2.31. The zero-order chi connectivity index (χ0) is 57.8. The highest BCUT2D eigenvalue weighted by Gasteiger charge is 2.49. The van der Waals surface area contributed by atoms with Crippen molar-refractivity contribution in [1.29, 1.82) is 0 Å². The molecule has 0 amide bonds. The Bertz CT molecular complexity index is 3500. The normalized spacial score (nSPS) is 18.7. The summed E-state index contributed by atoms with van der Waals surface area (Å²) in [5.41, 5.74) is 1.45. The van der Waals surface area contributed by atoms with Crippen LogP contribution < -0.4 is 4.90 Å². The number of carboxylic acids is 1. The van der Waals surface area contributed by atoms with E-state index < -0.39 is 77.7 Å². The molecular formula is C54H65N2O19S4-3. The van der Waals surface area contributed by atoms with E-state index in [2.05, 4.69) is 0 Å². The summed E-state index contributed by atoms with van der Waals surface area (Å²) >= 11 is 0. The van der Waals surface area contributed by atoms with E-state index in [9.17, 15) is 61.8 Å². The van der Waals surface area contributed by atoms with Crippen molar-refractivity contribution in [2.75, 3.05) is 90.8 Å². The Kier molecular flexibility index (Phi) is 21.5. The van der Waals surface area contributed by atoms with Crippen LogP contribution in [0.25, 0.3) is 21.5 Å². The van der Waals surface area contributed by atoms with Crippen molar-refractivity contribution in [3.8, 4) is 0 Å². The van der Waals surface area contributed by atoms with Gasteiger partial charge >= 0.3 is 5.97 Å². The second-order valence-electron chi connectivity index (χ2n) is 19.4. The topological polar surface area (TPSA) is 318 Å². The van der Waals surface area contributed by atoms with Gasteiger partial charge in [-0.05, 0) is 116 Å². The largest absolute Gasteiger partial charge is 0.748 e. The second kappa shape index (κ2) is 27.0. The summed E-state index contributed by atoms with van der Waals surface area (Å²) in [5, 5.41) is 10.4. The standard InChI is InChI=1S/C54H68N2O19S4/c1-53(23-13-35-76(59,60)61)48(56(26-28-71-3)45-21-18-39-17-19-40(77(62,63)64)36-43(39)51(45)53)14-9-6-5-7-10-15-49-54(2,24-27-73-31-32-75-34-33-74-30-29-72-4)52-44-37-41(78(65,66)67)38-47(79(68,69)70)42(44)20-22-46(52)55(49)25-12-8-11-16-50(57)58/h5-7,9-10,14-15,17-22,36-38H,8,11-13,16,23-35H2,1-4H3,(H4-,57,58,59,60,61,62,63,64,65,66,67,68,69,70)/p-3. The fourth-order valence-electron chi connectivity index (χ4n) is 10.4. The molecule has 0 fully saturated rings. The van der Waals surface area contributed by atoms with Gasteiger partial charge in [-0.1, -0.05) is 48.9 Å². The Morgan fingerprint density at radius 2 is 1.24 bits per heavy atom. The molecule has 21 nitrogen and oxygen atoms in total. The molecule has 0 spiro atoms. The molecule has 25 heteroatoms. The van der Waals surface area contributed by atoms with E-state index in [4.69, 9.17) is 23.7 Å². The predicted molar refractivity (Wildman–Crippen MR) is 290 cm³/mol. The first-order valence-electron chi connectivity index (χ1n) is 25.3. The Labute approximate surface area is 461 Å². The van der Waals surface area contributed by atoms with E-state index in [0.717, 1.165) is 6.07 Å². The third kappa shape index (κ3) is 15.8. The number of carbonyl (C=O) groups is 1. The minimum absolute atomic E-state index is 0.0391. The van der Waals surface area contributed by atoms with Crippen LogP contribution in [0.4, 0.5) is 11.4 Å². The third-order valence-corrected chi connectivity index (χ3v) is 17.3. The van der Waals surface area contributed by atoms with Crippen molar-refractivity contribution in [3.05, 3.63) is 114 Å². The highest BCUT2D eigenvalue weighted by atomic mass is 32.2. The van der Waals surface area contributed by atoms with E-state index in [-0.39, 0.29) is 62.9 Å². The summed E-state index contributed by atoms with van der Waals surface area (Å²) in [7, 11) is -17.0. The molecule has 2 atom stereocenters. The number of rotatable bonds is 32. The van der Waals surface area contributed by atoms with Gasteiger partial charge in [0.15, 0.2) is 12.3 Å². The van der Waals surface area contributed by atoms with Gasteiger partial charge in [0.1, 0.15) is 37.0 Å². The first kappa shape index (κ1) is 62.9. The number of anilines is 1. The first-order chi connectivity index (χ1) is 37.3. The van der Waals surface area contributed by atoms with Crippen molar-refractivity contribution in [2.24, 2.45) is 0 Å². The van der Waals surface area contributed by atoms with Crippen LogP contribution in [0.1, 0.15) is 69.9 Å². The molecular weight excluding hydrogens is 1110 g/mol. The maximum absolute atomic E-state index is 12.7. The van der Waals surface area contributed by atoms with Crippen molar-refractivity contribution in [1.82, 2.24) is 0 Å². The maximum Gasteiger partial charge on any atom is 0.303 e. The molecule has 2 heterocycles. The van der Waals surface area contributed by atoms with Crippen LogP contribution in [0.15, 0.2) is 118 Å². The van der Waals surface area contributed by atoms with Crippen LogP contribution in [-0.4, -0.2) is 159 Å². The summed E-state index contributed by atoms with van der Waals surface area (Å²) in [5.74, 6) is -1.60. The molecule has 4 aromatic carbocycles. The van der Waals surface area contributed by atoms with Gasteiger partial charge in [-0.15, -0.1) is 0 Å². The highest BCUT2D eigenvalue weighted by molar-refractivity contribution is 7.87. The number of fused-ring (bicyclic) bond motifs is 6. The summed E-state index contributed by atoms with van der Waals surface area (Å²) in [6.07, 6.45) is 14.0. The number of ether oxygens (including phenoxy) is 5. The van der Waals surface area contributed by atoms with Gasteiger partial charge in [-0.25, -0.2) is 33.7 Å². The zero-order valence-corrected chi connectivity index (χ0v) is 47.6. The van der Waals surface area contributed by atoms with Gasteiger partial charge in [-0.3, -0.25) is 4.79 Å². The van der Waals surface area contributed by atoms with E-state index in [0.29, 0.717) is 110 Å².